The van der Waals surface area contributed by atoms with E-state index in [9.17, 15) is 8.42 Å². The van der Waals surface area contributed by atoms with E-state index in [1.54, 1.807) is 45.0 Å². The minimum Gasteiger partial charge on any atom is -0.497 e. The molecule has 2 aromatic carbocycles. The van der Waals surface area contributed by atoms with E-state index in [4.69, 9.17) is 13.7 Å². The zero-order chi connectivity index (χ0) is 24.6. The first-order chi connectivity index (χ1) is 16.3. The number of aliphatic imine (C=N–C) groups is 2. The van der Waals surface area contributed by atoms with Gasteiger partial charge in [0.25, 0.3) is 10.1 Å². The maximum atomic E-state index is 11.5. The summed E-state index contributed by atoms with van der Waals surface area (Å²) in [5.41, 5.74) is 3.46. The van der Waals surface area contributed by atoms with Crippen LogP contribution < -0.4 is 14.4 Å². The number of hydrogen-bond donors (Lipinski definition) is 0. The summed E-state index contributed by atoms with van der Waals surface area (Å²) in [5, 5.41) is 0. The number of aromatic nitrogens is 1. The van der Waals surface area contributed by atoms with Gasteiger partial charge in [-0.15, -0.1) is 0 Å². The summed E-state index contributed by atoms with van der Waals surface area (Å²) >= 11 is 0. The maximum absolute atomic E-state index is 11.5. The highest BCUT2D eigenvalue weighted by Gasteiger charge is 2.15. The van der Waals surface area contributed by atoms with Crippen LogP contribution in [0.15, 0.2) is 70.9 Å². The van der Waals surface area contributed by atoms with E-state index in [0.29, 0.717) is 22.9 Å². The van der Waals surface area contributed by atoms with Crippen molar-refractivity contribution in [2.75, 3.05) is 38.5 Å². The number of nitrogens with zero attached hydrogens (tertiary/aromatic N) is 4. The molecule has 0 spiro atoms. The Balaban J connectivity index is 2.04. The van der Waals surface area contributed by atoms with Gasteiger partial charge in [0.1, 0.15) is 11.5 Å². The molecule has 3 aromatic rings. The predicted octanol–water partition coefficient (Wildman–Crippen LogP) is 4.30. The molecule has 0 saturated heterocycles. The van der Waals surface area contributed by atoms with Crippen LogP contribution in [0.25, 0.3) is 0 Å². The molecule has 1 aromatic heterocycles. The SMILES string of the molecule is C=Nc1ccc(N(CCOS(C)(=O)=O)c2cc(OC)cc(OC)c2)cc1N=Cc1cccnc1. The Hall–Kier alpha value is -3.76. The normalized spacial score (nSPS) is 11.4. The van der Waals surface area contributed by atoms with E-state index < -0.39 is 10.1 Å². The Kier molecular flexibility index (Phi) is 8.34. The van der Waals surface area contributed by atoms with Crippen LogP contribution >= 0.6 is 0 Å². The van der Waals surface area contributed by atoms with Crippen molar-refractivity contribution in [3.63, 3.8) is 0 Å². The second-order valence-electron chi connectivity index (χ2n) is 7.12. The van der Waals surface area contributed by atoms with Crippen LogP contribution in [0.2, 0.25) is 0 Å². The van der Waals surface area contributed by atoms with Crippen LogP contribution in [-0.2, 0) is 14.3 Å². The molecule has 0 unspecified atom stereocenters. The first-order valence-electron chi connectivity index (χ1n) is 10.2. The predicted molar refractivity (Wildman–Crippen MR) is 134 cm³/mol. The highest BCUT2D eigenvalue weighted by Crippen LogP contribution is 2.37. The second kappa shape index (κ2) is 11.4. The summed E-state index contributed by atoms with van der Waals surface area (Å²) in [6, 6.07) is 14.6. The van der Waals surface area contributed by atoms with E-state index >= 15 is 0 Å². The molecule has 0 aliphatic heterocycles. The van der Waals surface area contributed by atoms with E-state index in [1.165, 1.54) is 0 Å². The van der Waals surface area contributed by atoms with E-state index in [2.05, 4.69) is 21.7 Å². The summed E-state index contributed by atoms with van der Waals surface area (Å²) in [6.07, 6.45) is 6.09. The fourth-order valence-electron chi connectivity index (χ4n) is 3.15. The van der Waals surface area contributed by atoms with Crippen LogP contribution in [0.4, 0.5) is 22.7 Å². The molecule has 0 aliphatic rings. The Labute approximate surface area is 199 Å². The summed E-state index contributed by atoms with van der Waals surface area (Å²) in [5.74, 6) is 1.17. The molecule has 0 fully saturated rings. The molecule has 0 atom stereocenters. The van der Waals surface area contributed by atoms with Crippen molar-refractivity contribution in [3.05, 3.63) is 66.5 Å². The van der Waals surface area contributed by atoms with E-state index in [0.717, 1.165) is 23.2 Å². The zero-order valence-corrected chi connectivity index (χ0v) is 20.0. The Morgan fingerprint density at radius 1 is 1.03 bits per heavy atom. The molecular formula is C24H26N4O5S. The molecule has 0 saturated carbocycles. The van der Waals surface area contributed by atoms with Crippen molar-refractivity contribution >= 4 is 45.8 Å². The first-order valence-corrected chi connectivity index (χ1v) is 12.0. The van der Waals surface area contributed by atoms with Crippen molar-refractivity contribution in [1.82, 2.24) is 4.98 Å². The van der Waals surface area contributed by atoms with Gasteiger partial charge in [0.2, 0.25) is 0 Å². The van der Waals surface area contributed by atoms with Crippen LogP contribution in [0.5, 0.6) is 11.5 Å². The van der Waals surface area contributed by atoms with E-state index in [1.807, 2.05) is 41.3 Å². The molecule has 1 heterocycles. The van der Waals surface area contributed by atoms with Gasteiger partial charge in [0.15, 0.2) is 0 Å². The standard InChI is InChI=1S/C24H26N4O5S/c1-25-23-8-7-19(14-24(23)27-17-18-6-5-9-26-16-18)28(10-11-33-34(4,29)30)20-12-21(31-2)15-22(13-20)32-3/h5-9,12-17H,1,10-11H2,2-4H3. The molecule has 9 nitrogen and oxygen atoms in total. The number of ether oxygens (including phenoxy) is 2. The third-order valence-corrected chi connectivity index (χ3v) is 5.33. The summed E-state index contributed by atoms with van der Waals surface area (Å²) < 4.78 is 38.8. The van der Waals surface area contributed by atoms with Gasteiger partial charge in [-0.3, -0.25) is 19.2 Å². The second-order valence-corrected chi connectivity index (χ2v) is 8.77. The number of benzene rings is 2. The minimum absolute atomic E-state index is 0.0614. The lowest BCUT2D eigenvalue weighted by atomic mass is 10.2. The number of methoxy groups -OCH3 is 2. The topological polar surface area (TPSA) is 103 Å². The van der Waals surface area contributed by atoms with Gasteiger partial charge in [0, 0.05) is 60.3 Å². The zero-order valence-electron chi connectivity index (χ0n) is 19.2. The van der Waals surface area contributed by atoms with Crippen LogP contribution in [-0.4, -0.2) is 60.0 Å². The molecule has 0 radical (unpaired) electrons. The monoisotopic (exact) mass is 482 g/mol. The minimum atomic E-state index is -3.60. The molecule has 10 heteroatoms. The number of pyridine rings is 1. The lowest BCUT2D eigenvalue weighted by Crippen LogP contribution is -2.23. The van der Waals surface area contributed by atoms with Gasteiger partial charge in [0.05, 0.1) is 38.5 Å². The molecular weight excluding hydrogens is 456 g/mol. The summed E-state index contributed by atoms with van der Waals surface area (Å²) in [6.45, 7) is 3.80. The lowest BCUT2D eigenvalue weighted by molar-refractivity contribution is 0.330. The number of anilines is 2. The smallest absolute Gasteiger partial charge is 0.264 e. The van der Waals surface area contributed by atoms with Crippen molar-refractivity contribution in [2.24, 2.45) is 9.98 Å². The van der Waals surface area contributed by atoms with Crippen LogP contribution in [0, 0.1) is 0 Å². The third-order valence-electron chi connectivity index (χ3n) is 4.74. The quantitative estimate of drug-likeness (QED) is 0.297. The first kappa shape index (κ1) is 24.9. The van der Waals surface area contributed by atoms with Crippen molar-refractivity contribution in [3.8, 4) is 11.5 Å². The molecule has 178 valence electrons. The van der Waals surface area contributed by atoms with Gasteiger partial charge in [-0.1, -0.05) is 6.07 Å². The summed E-state index contributed by atoms with van der Waals surface area (Å²) in [4.78, 5) is 14.6. The molecule has 0 aliphatic carbocycles. The fraction of sp³-hybridized carbons (Fsp3) is 0.208. The Morgan fingerprint density at radius 2 is 1.76 bits per heavy atom. The lowest BCUT2D eigenvalue weighted by Gasteiger charge is -2.26. The Morgan fingerprint density at radius 3 is 2.35 bits per heavy atom. The molecule has 0 bridgehead atoms. The third kappa shape index (κ3) is 6.87. The van der Waals surface area contributed by atoms with Gasteiger partial charge < -0.3 is 14.4 Å². The molecule has 3 rings (SSSR count). The van der Waals surface area contributed by atoms with Crippen molar-refractivity contribution in [2.45, 2.75) is 0 Å². The molecule has 34 heavy (non-hydrogen) atoms. The van der Waals surface area contributed by atoms with Gasteiger partial charge in [-0.25, -0.2) is 0 Å². The average Bonchev–Trinajstić information content (AvgIpc) is 2.84. The number of rotatable bonds is 11. The molecule has 0 N–H and O–H groups in total. The maximum Gasteiger partial charge on any atom is 0.264 e. The van der Waals surface area contributed by atoms with Crippen LogP contribution in [0.1, 0.15) is 5.56 Å². The van der Waals surface area contributed by atoms with Gasteiger partial charge in [-0.05, 0) is 31.0 Å². The average molecular weight is 483 g/mol. The van der Waals surface area contributed by atoms with Gasteiger partial charge >= 0.3 is 0 Å². The summed E-state index contributed by atoms with van der Waals surface area (Å²) in [7, 11) is -0.475. The van der Waals surface area contributed by atoms with Crippen molar-refractivity contribution in [1.29, 1.82) is 0 Å². The number of hydrogen-bond acceptors (Lipinski definition) is 9. The van der Waals surface area contributed by atoms with Crippen LogP contribution in [0.3, 0.4) is 0 Å². The van der Waals surface area contributed by atoms with Gasteiger partial charge in [-0.2, -0.15) is 8.42 Å². The molecule has 0 amide bonds. The fourth-order valence-corrected chi connectivity index (χ4v) is 3.53. The highest BCUT2D eigenvalue weighted by molar-refractivity contribution is 7.85. The highest BCUT2D eigenvalue weighted by atomic mass is 32.2. The van der Waals surface area contributed by atoms with Crippen molar-refractivity contribution < 1.29 is 22.1 Å². The Bertz CT molecular complexity index is 1240. The largest absolute Gasteiger partial charge is 0.497 e. The van der Waals surface area contributed by atoms with E-state index in [-0.39, 0.29) is 13.2 Å².